The van der Waals surface area contributed by atoms with Crippen molar-refractivity contribution in [3.8, 4) is 6.07 Å². The van der Waals surface area contributed by atoms with Crippen LogP contribution in [0.15, 0.2) is 56.6 Å². The quantitative estimate of drug-likeness (QED) is 0.128. The summed E-state index contributed by atoms with van der Waals surface area (Å²) >= 11 is 0. The van der Waals surface area contributed by atoms with Gasteiger partial charge in [0.2, 0.25) is 5.78 Å². The normalized spacial score (nSPS) is 30.7. The highest BCUT2D eigenvalue weighted by atomic mass is 16.6. The van der Waals surface area contributed by atoms with Crippen LogP contribution in [-0.2, 0) is 47.7 Å². The third-order valence-electron chi connectivity index (χ3n) is 10.2. The van der Waals surface area contributed by atoms with E-state index in [0.717, 1.165) is 0 Å². The zero-order valence-corrected chi connectivity index (χ0v) is 28.7. The van der Waals surface area contributed by atoms with Crippen LogP contribution in [0, 0.1) is 11.3 Å². The molecule has 13 heteroatoms. The van der Waals surface area contributed by atoms with Gasteiger partial charge in [0.05, 0.1) is 32.4 Å². The number of hydrogen-bond donors (Lipinski definition) is 0. The molecule has 48 heavy (non-hydrogen) atoms. The van der Waals surface area contributed by atoms with Gasteiger partial charge in [0.1, 0.15) is 24.5 Å². The molecule has 5 aliphatic rings. The molecular weight excluding hydrogens is 622 g/mol. The number of carbonyl (C=O) groups excluding carboxylic acids is 5. The smallest absolute Gasteiger partial charge is 0.333 e. The molecule has 3 heterocycles. The number of likely N-dealkylation sites (N-methyl/N-ethyl adjacent to an activating group) is 1. The van der Waals surface area contributed by atoms with E-state index in [2.05, 4.69) is 6.07 Å². The number of rotatable bonds is 7. The third-order valence-corrected chi connectivity index (χ3v) is 10.2. The van der Waals surface area contributed by atoms with Gasteiger partial charge in [0.15, 0.2) is 17.6 Å². The molecule has 2 aliphatic carbocycles. The molecule has 0 saturated carbocycles. The monoisotopic (exact) mass is 663 g/mol. The highest BCUT2D eigenvalue weighted by molar-refractivity contribution is 6.25. The number of methoxy groups -OCH3 is 2. The summed E-state index contributed by atoms with van der Waals surface area (Å²) < 4.78 is 28.9. The minimum Gasteiger partial charge on any atom is -0.497 e. The van der Waals surface area contributed by atoms with Gasteiger partial charge in [-0.25, -0.2) is 4.79 Å². The van der Waals surface area contributed by atoms with Crippen LogP contribution in [0.5, 0.6) is 0 Å². The summed E-state index contributed by atoms with van der Waals surface area (Å²) in [5.74, 6) is -2.24. The van der Waals surface area contributed by atoms with Crippen molar-refractivity contribution in [2.45, 2.75) is 96.8 Å². The van der Waals surface area contributed by atoms with Crippen molar-refractivity contribution < 1.29 is 47.7 Å². The third kappa shape index (κ3) is 5.37. The molecule has 2 bridgehead atoms. The lowest BCUT2D eigenvalue weighted by Gasteiger charge is -2.61. The minimum absolute atomic E-state index is 0.0310. The minimum atomic E-state index is -1.08. The van der Waals surface area contributed by atoms with Crippen LogP contribution < -0.4 is 0 Å². The Balaban J connectivity index is 1.78. The number of fused-ring (bicyclic) bond motifs is 5. The van der Waals surface area contributed by atoms with Gasteiger partial charge in [-0.2, -0.15) is 5.26 Å². The Bertz CT molecular complexity index is 1690. The van der Waals surface area contributed by atoms with E-state index >= 15 is 0 Å². The molecule has 1 fully saturated rings. The molecule has 3 aliphatic heterocycles. The molecule has 4 unspecified atom stereocenters. The van der Waals surface area contributed by atoms with E-state index < -0.39 is 66.1 Å². The zero-order chi connectivity index (χ0) is 35.4. The lowest BCUT2D eigenvalue weighted by molar-refractivity contribution is -0.151. The van der Waals surface area contributed by atoms with Crippen LogP contribution in [-0.4, -0.2) is 110 Å². The molecule has 1 saturated heterocycles. The van der Waals surface area contributed by atoms with E-state index in [9.17, 15) is 29.2 Å². The molecule has 0 radical (unpaired) electrons. The van der Waals surface area contributed by atoms with Crippen molar-refractivity contribution in [1.82, 2.24) is 9.80 Å². The van der Waals surface area contributed by atoms with E-state index in [1.54, 1.807) is 33.8 Å². The molecule has 0 aromatic heterocycles. The number of nitriles is 1. The first kappa shape index (κ1) is 34.8. The maximum Gasteiger partial charge on any atom is 0.333 e. The topological polar surface area (TPSA) is 162 Å². The first-order valence-electron chi connectivity index (χ1n) is 15.8. The average Bonchev–Trinajstić information content (AvgIpc) is 3.03. The van der Waals surface area contributed by atoms with Crippen LogP contribution in [0.3, 0.4) is 0 Å². The Morgan fingerprint density at radius 3 is 2.17 bits per heavy atom. The number of carbonyl (C=O) groups is 5. The molecule has 7 atom stereocenters. The molecule has 13 nitrogen and oxygen atoms in total. The van der Waals surface area contributed by atoms with Crippen molar-refractivity contribution >= 4 is 29.5 Å². The summed E-state index contributed by atoms with van der Waals surface area (Å²) in [6.07, 6.45) is -0.131. The molecule has 0 N–H and O–H groups in total. The summed E-state index contributed by atoms with van der Waals surface area (Å²) in [4.78, 5) is 69.8. The molecule has 0 amide bonds. The highest BCUT2D eigenvalue weighted by Gasteiger charge is 2.60. The van der Waals surface area contributed by atoms with Gasteiger partial charge < -0.3 is 23.7 Å². The first-order valence-corrected chi connectivity index (χ1v) is 15.8. The Kier molecular flexibility index (Phi) is 9.54. The summed E-state index contributed by atoms with van der Waals surface area (Å²) in [7, 11) is 4.59. The predicted octanol–water partition coefficient (Wildman–Crippen LogP) is 2.38. The largest absolute Gasteiger partial charge is 0.497 e. The Morgan fingerprint density at radius 1 is 0.958 bits per heavy atom. The molecular formula is C35H41N3O10. The van der Waals surface area contributed by atoms with Crippen molar-refractivity contribution in [3.05, 3.63) is 56.6 Å². The second-order valence-corrected chi connectivity index (χ2v) is 12.7. The summed E-state index contributed by atoms with van der Waals surface area (Å²) in [6.45, 7) is 8.88. The molecule has 256 valence electrons. The Labute approximate surface area is 279 Å². The van der Waals surface area contributed by atoms with Gasteiger partial charge in [0.25, 0.3) is 0 Å². The summed E-state index contributed by atoms with van der Waals surface area (Å²) in [6, 6.07) is -1.17. The fourth-order valence-electron chi connectivity index (χ4n) is 8.06. The second kappa shape index (κ2) is 13.2. The second-order valence-electron chi connectivity index (χ2n) is 12.7. The van der Waals surface area contributed by atoms with E-state index in [1.807, 2.05) is 16.8 Å². The van der Waals surface area contributed by atoms with Gasteiger partial charge in [-0.15, -0.1) is 0 Å². The number of piperazine rings is 1. The first-order chi connectivity index (χ1) is 22.7. The van der Waals surface area contributed by atoms with Gasteiger partial charge in [-0.05, 0) is 53.2 Å². The van der Waals surface area contributed by atoms with E-state index in [0.29, 0.717) is 33.4 Å². The zero-order valence-electron chi connectivity index (χ0n) is 28.7. The van der Waals surface area contributed by atoms with Crippen LogP contribution in [0.2, 0.25) is 0 Å². The molecule has 0 spiro atoms. The number of nitrogens with zero attached hydrogens (tertiary/aromatic N) is 3. The van der Waals surface area contributed by atoms with Crippen molar-refractivity contribution in [2.24, 2.45) is 0 Å². The standard InChI is InChI=1S/C35H41N3O10/c1-10-15(2)35(43)46-14-25-26-21(31(47-18(5)39)17(4)33(45-9)34(26)48-19(6)40)12-23-28-27-20(29(41)16(3)32(44-8)30(27)42)11-22(37(28)7)24(13-36)38(23)25/h10,22-25,28,31,34H,11-12,14H2,1-9H3/b15-10-/t22-,23?,24-,25?,28-,31?,34?/m0/s1. The van der Waals surface area contributed by atoms with Crippen molar-refractivity contribution in [2.75, 3.05) is 27.9 Å². The van der Waals surface area contributed by atoms with E-state index in [4.69, 9.17) is 23.7 Å². The number of esters is 3. The summed E-state index contributed by atoms with van der Waals surface area (Å²) in [5, 5.41) is 10.8. The highest BCUT2D eigenvalue weighted by Crippen LogP contribution is 2.51. The van der Waals surface area contributed by atoms with Gasteiger partial charge in [-0.3, -0.25) is 29.0 Å². The van der Waals surface area contributed by atoms with Gasteiger partial charge in [0, 0.05) is 59.4 Å². The summed E-state index contributed by atoms with van der Waals surface area (Å²) in [5.41, 5.74) is 2.77. The van der Waals surface area contributed by atoms with Crippen LogP contribution in [0.25, 0.3) is 0 Å². The Morgan fingerprint density at radius 2 is 1.60 bits per heavy atom. The number of ketones is 2. The maximum atomic E-state index is 14.1. The SMILES string of the molecule is C/C=C(/C)C(=O)OCC1C2=C(CC3[C@H]4C5=C(C[C@@H]([C@H](C#N)N13)N4C)C(=O)C(C)=C(OC)C5=O)C(OC(C)=O)C(C)=C(OC)C2OC(C)=O. The van der Waals surface area contributed by atoms with Crippen LogP contribution >= 0.6 is 0 Å². The fraction of sp³-hybridized carbons (Fsp3) is 0.543. The lowest BCUT2D eigenvalue weighted by Crippen LogP contribution is -2.74. The number of allylic oxidation sites excluding steroid dienone is 3. The fourth-order valence-corrected chi connectivity index (χ4v) is 8.06. The van der Waals surface area contributed by atoms with Crippen molar-refractivity contribution in [3.63, 3.8) is 0 Å². The van der Waals surface area contributed by atoms with Gasteiger partial charge in [-0.1, -0.05) is 6.08 Å². The van der Waals surface area contributed by atoms with E-state index in [1.165, 1.54) is 28.1 Å². The van der Waals surface area contributed by atoms with Crippen LogP contribution in [0.1, 0.15) is 54.4 Å². The number of Topliss-reactive ketones (excluding diaryl/α,β-unsaturated/α-hetero) is 2. The predicted molar refractivity (Wildman–Crippen MR) is 168 cm³/mol. The Hall–Kier alpha value is -4.54. The average molecular weight is 664 g/mol. The molecule has 5 rings (SSSR count). The van der Waals surface area contributed by atoms with Crippen LogP contribution in [0.4, 0.5) is 0 Å². The van der Waals surface area contributed by atoms with Crippen molar-refractivity contribution in [1.29, 1.82) is 5.26 Å². The number of ether oxygens (including phenoxy) is 5. The van der Waals surface area contributed by atoms with E-state index in [-0.39, 0.29) is 42.3 Å². The lowest BCUT2D eigenvalue weighted by atomic mass is 9.67. The molecule has 0 aromatic carbocycles. The molecule has 0 aromatic rings. The number of hydrogen-bond acceptors (Lipinski definition) is 13. The maximum absolute atomic E-state index is 14.1. The van der Waals surface area contributed by atoms with Gasteiger partial charge >= 0.3 is 17.9 Å².